The van der Waals surface area contributed by atoms with E-state index in [0.717, 1.165) is 28.1 Å². The van der Waals surface area contributed by atoms with Crippen LogP contribution in [0.2, 0.25) is 0 Å². The Morgan fingerprint density at radius 3 is 2.40 bits per heavy atom. The minimum Gasteiger partial charge on any atom is -0.469 e. The molecule has 9 heteroatoms. The van der Waals surface area contributed by atoms with E-state index in [2.05, 4.69) is 15.0 Å². The molecule has 0 fully saturated rings. The Hall–Kier alpha value is -3.20. The van der Waals surface area contributed by atoms with Gasteiger partial charge in [0.2, 0.25) is 5.91 Å². The summed E-state index contributed by atoms with van der Waals surface area (Å²) < 4.78 is 43.3. The average Bonchev–Trinajstić information content (AvgIpc) is 3.26. The number of anilines is 1. The van der Waals surface area contributed by atoms with Gasteiger partial charge in [0.15, 0.2) is 0 Å². The van der Waals surface area contributed by atoms with Gasteiger partial charge in [0.1, 0.15) is 5.01 Å². The smallest absolute Gasteiger partial charge is 0.416 e. The predicted molar refractivity (Wildman–Crippen MR) is 130 cm³/mol. The van der Waals surface area contributed by atoms with Crippen LogP contribution < -0.4 is 5.32 Å². The van der Waals surface area contributed by atoms with Gasteiger partial charge in [-0.1, -0.05) is 25.1 Å². The van der Waals surface area contributed by atoms with E-state index in [4.69, 9.17) is 0 Å². The number of benzene rings is 2. The predicted octanol–water partition coefficient (Wildman–Crippen LogP) is 6.55. The van der Waals surface area contributed by atoms with Crippen molar-refractivity contribution < 1.29 is 27.5 Å². The van der Waals surface area contributed by atoms with Crippen LogP contribution in [0.15, 0.2) is 42.5 Å². The number of methoxy groups -OCH3 is 1. The normalized spacial score (nSPS) is 12.3. The van der Waals surface area contributed by atoms with Crippen LogP contribution in [0.4, 0.5) is 18.9 Å². The lowest BCUT2D eigenvalue weighted by molar-refractivity contribution is -0.140. The molecule has 1 unspecified atom stereocenters. The second kappa shape index (κ2) is 11.0. The lowest BCUT2D eigenvalue weighted by atomic mass is 10.0. The van der Waals surface area contributed by atoms with E-state index in [9.17, 15) is 22.8 Å². The first-order valence-electron chi connectivity index (χ1n) is 11.2. The molecule has 1 aromatic heterocycles. The number of esters is 1. The molecule has 1 amide bonds. The lowest BCUT2D eigenvalue weighted by Crippen LogP contribution is -2.20. The molecule has 5 nitrogen and oxygen atoms in total. The van der Waals surface area contributed by atoms with Crippen LogP contribution in [-0.2, 0) is 33.3 Å². The van der Waals surface area contributed by atoms with Crippen LogP contribution in [0.1, 0.15) is 53.4 Å². The molecule has 186 valence electrons. The molecular formula is C26H27F3N2O3S. The third-order valence-corrected chi connectivity index (χ3v) is 7.01. The first kappa shape index (κ1) is 26.4. The van der Waals surface area contributed by atoms with E-state index in [0.29, 0.717) is 34.8 Å². The van der Waals surface area contributed by atoms with Crippen molar-refractivity contribution in [2.45, 2.75) is 52.1 Å². The zero-order valence-corrected chi connectivity index (χ0v) is 20.8. The number of nitrogens with zero attached hydrogens (tertiary/aromatic N) is 1. The molecule has 2 aromatic carbocycles. The Balaban J connectivity index is 1.75. The average molecular weight is 505 g/mol. The maximum atomic E-state index is 13.0. The molecule has 3 rings (SSSR count). The van der Waals surface area contributed by atoms with Crippen molar-refractivity contribution in [1.29, 1.82) is 0 Å². The highest BCUT2D eigenvalue weighted by Gasteiger charge is 2.30. The van der Waals surface area contributed by atoms with Crippen molar-refractivity contribution >= 4 is 28.9 Å². The zero-order chi connectivity index (χ0) is 25.8. The van der Waals surface area contributed by atoms with Crippen LogP contribution in [0.5, 0.6) is 0 Å². The van der Waals surface area contributed by atoms with Crippen molar-refractivity contribution in [2.75, 3.05) is 12.4 Å². The summed E-state index contributed by atoms with van der Waals surface area (Å²) in [5, 5.41) is 3.50. The van der Waals surface area contributed by atoms with Gasteiger partial charge in [0, 0.05) is 22.5 Å². The van der Waals surface area contributed by atoms with Crippen LogP contribution in [0.25, 0.3) is 10.6 Å². The molecule has 0 saturated heterocycles. The van der Waals surface area contributed by atoms with E-state index in [-0.39, 0.29) is 18.3 Å². The largest absolute Gasteiger partial charge is 0.469 e. The molecule has 0 radical (unpaired) electrons. The molecule has 3 aromatic rings. The van der Waals surface area contributed by atoms with Crippen molar-refractivity contribution in [3.63, 3.8) is 0 Å². The van der Waals surface area contributed by atoms with E-state index in [1.54, 1.807) is 13.0 Å². The number of nitrogens with one attached hydrogen (secondary N) is 1. The maximum Gasteiger partial charge on any atom is 0.416 e. The SMILES string of the molecule is CCc1sc(-c2ccc(C(F)(F)F)cc2)nc1C(C)C(=O)Nc1ccc(CCC(=O)OC)c(C)c1. The number of alkyl halides is 3. The van der Waals surface area contributed by atoms with Gasteiger partial charge in [-0.2, -0.15) is 13.2 Å². The molecule has 1 heterocycles. The highest BCUT2D eigenvalue weighted by atomic mass is 32.1. The summed E-state index contributed by atoms with van der Waals surface area (Å²) in [5.41, 5.74) is 3.07. The van der Waals surface area contributed by atoms with Gasteiger partial charge < -0.3 is 10.1 Å². The van der Waals surface area contributed by atoms with E-state index < -0.39 is 17.7 Å². The number of aryl methyl sites for hydroxylation is 3. The second-order valence-corrected chi connectivity index (χ2v) is 9.27. The van der Waals surface area contributed by atoms with Gasteiger partial charge >= 0.3 is 12.1 Å². The topological polar surface area (TPSA) is 68.3 Å². The molecule has 35 heavy (non-hydrogen) atoms. The Morgan fingerprint density at radius 1 is 1.14 bits per heavy atom. The molecule has 1 N–H and O–H groups in total. The molecule has 0 saturated carbocycles. The molecule has 0 spiro atoms. The van der Waals surface area contributed by atoms with Gasteiger partial charge in [-0.05, 0) is 62.1 Å². The number of amides is 1. The summed E-state index contributed by atoms with van der Waals surface area (Å²) in [7, 11) is 1.35. The quantitative estimate of drug-likeness (QED) is 0.353. The van der Waals surface area contributed by atoms with Gasteiger partial charge in [0.25, 0.3) is 0 Å². The van der Waals surface area contributed by atoms with Crippen molar-refractivity contribution in [3.05, 3.63) is 69.7 Å². The highest BCUT2D eigenvalue weighted by Crippen LogP contribution is 2.35. The Labute approximate surface area is 206 Å². The van der Waals surface area contributed by atoms with E-state index in [1.165, 1.54) is 30.6 Å². The lowest BCUT2D eigenvalue weighted by Gasteiger charge is -2.13. The fourth-order valence-corrected chi connectivity index (χ4v) is 4.75. The molecule has 0 bridgehead atoms. The van der Waals surface area contributed by atoms with Crippen molar-refractivity contribution in [3.8, 4) is 10.6 Å². The maximum absolute atomic E-state index is 13.0. The minimum atomic E-state index is -4.40. The number of hydrogen-bond acceptors (Lipinski definition) is 5. The standard InChI is InChI=1S/C26H27F3N2O3S/c1-5-21-23(31-25(35-21)18-6-10-19(11-7-18)26(27,28)29)16(3)24(33)30-20-12-8-17(15(2)14-20)9-13-22(32)34-4/h6-8,10-12,14,16H,5,9,13H2,1-4H3,(H,30,33). The second-order valence-electron chi connectivity index (χ2n) is 8.18. The third-order valence-electron chi connectivity index (χ3n) is 5.75. The zero-order valence-electron chi connectivity index (χ0n) is 20.0. The van der Waals surface area contributed by atoms with Crippen LogP contribution in [-0.4, -0.2) is 24.0 Å². The summed E-state index contributed by atoms with van der Waals surface area (Å²) in [4.78, 5) is 29.9. The number of hydrogen-bond donors (Lipinski definition) is 1. The summed E-state index contributed by atoms with van der Waals surface area (Å²) >= 11 is 1.38. The summed E-state index contributed by atoms with van der Waals surface area (Å²) in [6.07, 6.45) is -2.91. The van der Waals surface area contributed by atoms with Gasteiger partial charge in [0.05, 0.1) is 24.3 Å². The number of carbonyl (C=O) groups is 2. The fourth-order valence-electron chi connectivity index (χ4n) is 3.65. The molecular weight excluding hydrogens is 477 g/mol. The highest BCUT2D eigenvalue weighted by molar-refractivity contribution is 7.15. The first-order valence-corrected chi connectivity index (χ1v) is 12.0. The molecule has 0 aliphatic rings. The number of ether oxygens (including phenoxy) is 1. The Kier molecular flexibility index (Phi) is 8.32. The number of thiazole rings is 1. The van der Waals surface area contributed by atoms with Gasteiger partial charge in [-0.15, -0.1) is 11.3 Å². The molecule has 1 atom stereocenters. The number of carbonyl (C=O) groups excluding carboxylic acids is 2. The summed E-state index contributed by atoms with van der Waals surface area (Å²) in [5.74, 6) is -1.06. The van der Waals surface area contributed by atoms with Crippen molar-refractivity contribution in [1.82, 2.24) is 4.98 Å². The van der Waals surface area contributed by atoms with Crippen LogP contribution >= 0.6 is 11.3 Å². The van der Waals surface area contributed by atoms with Gasteiger partial charge in [-0.25, -0.2) is 4.98 Å². The van der Waals surface area contributed by atoms with Gasteiger partial charge in [-0.3, -0.25) is 9.59 Å². The number of halogens is 3. The Morgan fingerprint density at radius 2 is 1.83 bits per heavy atom. The first-order chi connectivity index (χ1) is 16.5. The minimum absolute atomic E-state index is 0.231. The third kappa shape index (κ3) is 6.48. The fraction of sp³-hybridized carbons (Fsp3) is 0.346. The molecule has 0 aliphatic carbocycles. The summed E-state index contributed by atoms with van der Waals surface area (Å²) in [6.45, 7) is 5.63. The Bertz CT molecular complexity index is 1200. The van der Waals surface area contributed by atoms with E-state index >= 15 is 0 Å². The van der Waals surface area contributed by atoms with Crippen LogP contribution in [0.3, 0.4) is 0 Å². The molecule has 0 aliphatic heterocycles. The number of aromatic nitrogens is 1. The van der Waals surface area contributed by atoms with Crippen molar-refractivity contribution in [2.24, 2.45) is 0 Å². The van der Waals surface area contributed by atoms with E-state index in [1.807, 2.05) is 26.0 Å². The monoisotopic (exact) mass is 504 g/mol. The number of rotatable bonds is 8. The van der Waals surface area contributed by atoms with Crippen LogP contribution in [0, 0.1) is 6.92 Å². The summed E-state index contributed by atoms with van der Waals surface area (Å²) in [6, 6.07) is 10.4.